The molecule has 0 bridgehead atoms. The minimum absolute atomic E-state index is 0.542. The maximum atomic E-state index is 5.89. The number of terminal acetylenes is 1. The van der Waals surface area contributed by atoms with Gasteiger partial charge in [0.15, 0.2) is 8.07 Å². The summed E-state index contributed by atoms with van der Waals surface area (Å²) < 4.78 is 5.20. The van der Waals surface area contributed by atoms with Crippen LogP contribution in [0, 0.1) is 12.0 Å². The van der Waals surface area contributed by atoms with Gasteiger partial charge < -0.3 is 4.74 Å². The third-order valence-corrected chi connectivity index (χ3v) is 9.04. The molecule has 0 aliphatic rings. The van der Waals surface area contributed by atoms with E-state index in [0.717, 1.165) is 5.75 Å². The van der Waals surface area contributed by atoms with Crippen LogP contribution in [-0.2, 0) is 0 Å². The first-order chi connectivity index (χ1) is 7.98. The summed E-state index contributed by atoms with van der Waals surface area (Å²) in [5.41, 5.74) is 4.25. The van der Waals surface area contributed by atoms with Crippen molar-refractivity contribution in [1.29, 1.82) is 0 Å². The molecular formula is C15H22OSi. The number of hydrogen-bond acceptors (Lipinski definition) is 1. The molecule has 0 aromatic heterocycles. The highest BCUT2D eigenvalue weighted by Gasteiger charge is 2.40. The van der Waals surface area contributed by atoms with Crippen molar-refractivity contribution in [2.75, 3.05) is 7.11 Å². The van der Waals surface area contributed by atoms with Crippen LogP contribution in [0.1, 0.15) is 27.7 Å². The van der Waals surface area contributed by atoms with E-state index in [-0.39, 0.29) is 0 Å². The Balaban J connectivity index is 3.27. The molecule has 1 rings (SSSR count). The number of methoxy groups -OCH3 is 1. The summed E-state index contributed by atoms with van der Waals surface area (Å²) >= 11 is 0. The smallest absolute Gasteiger partial charge is 0.173 e. The second-order valence-electron chi connectivity index (χ2n) is 5.05. The fraction of sp³-hybridized carbons (Fsp3) is 0.467. The minimum Gasteiger partial charge on any atom is -0.497 e. The minimum atomic E-state index is -1.86. The lowest BCUT2D eigenvalue weighted by atomic mass is 10.3. The van der Waals surface area contributed by atoms with Crippen molar-refractivity contribution in [1.82, 2.24) is 0 Å². The Morgan fingerprint density at radius 3 is 1.82 bits per heavy atom. The Kier molecular flexibility index (Phi) is 4.42. The van der Waals surface area contributed by atoms with Gasteiger partial charge in [0.05, 0.1) is 7.11 Å². The molecule has 1 aromatic rings. The third kappa shape index (κ3) is 2.40. The molecule has 1 aromatic carbocycles. The van der Waals surface area contributed by atoms with E-state index in [4.69, 9.17) is 11.2 Å². The van der Waals surface area contributed by atoms with Crippen LogP contribution in [0.25, 0.3) is 0 Å². The molecule has 92 valence electrons. The number of ether oxygens (including phenoxy) is 1. The van der Waals surface area contributed by atoms with Crippen molar-refractivity contribution >= 4 is 13.3 Å². The van der Waals surface area contributed by atoms with E-state index >= 15 is 0 Å². The molecule has 17 heavy (non-hydrogen) atoms. The van der Waals surface area contributed by atoms with Gasteiger partial charge in [-0.15, -0.1) is 12.0 Å². The first-order valence-electron chi connectivity index (χ1n) is 6.11. The van der Waals surface area contributed by atoms with E-state index in [1.165, 1.54) is 5.19 Å². The van der Waals surface area contributed by atoms with E-state index in [0.29, 0.717) is 11.1 Å². The molecule has 0 unspecified atom stereocenters. The Bertz CT molecular complexity index is 390. The third-order valence-electron chi connectivity index (χ3n) is 3.63. The van der Waals surface area contributed by atoms with Gasteiger partial charge in [0.1, 0.15) is 5.75 Å². The van der Waals surface area contributed by atoms with E-state index in [1.54, 1.807) is 7.11 Å². The van der Waals surface area contributed by atoms with Gasteiger partial charge in [0.25, 0.3) is 0 Å². The summed E-state index contributed by atoms with van der Waals surface area (Å²) in [6, 6.07) is 8.31. The van der Waals surface area contributed by atoms with E-state index < -0.39 is 8.07 Å². The zero-order valence-electron chi connectivity index (χ0n) is 11.4. The predicted octanol–water partition coefficient (Wildman–Crippen LogP) is 3.34. The van der Waals surface area contributed by atoms with Crippen LogP contribution >= 0.6 is 0 Å². The van der Waals surface area contributed by atoms with Crippen LogP contribution in [-0.4, -0.2) is 15.2 Å². The quantitative estimate of drug-likeness (QED) is 0.585. The molecule has 0 atom stereocenters. The lowest BCUT2D eigenvalue weighted by molar-refractivity contribution is 0.415. The summed E-state index contributed by atoms with van der Waals surface area (Å²) in [6.07, 6.45) is 5.89. The van der Waals surface area contributed by atoms with Crippen molar-refractivity contribution < 1.29 is 4.74 Å². The Morgan fingerprint density at radius 2 is 1.53 bits per heavy atom. The normalized spacial score (nSPS) is 11.6. The maximum absolute atomic E-state index is 5.89. The van der Waals surface area contributed by atoms with Crippen LogP contribution < -0.4 is 9.92 Å². The molecule has 0 aliphatic carbocycles. The van der Waals surface area contributed by atoms with E-state index in [1.807, 2.05) is 12.1 Å². The first kappa shape index (κ1) is 13.9. The van der Waals surface area contributed by atoms with Crippen molar-refractivity contribution in [3.63, 3.8) is 0 Å². The largest absolute Gasteiger partial charge is 0.497 e. The molecule has 0 saturated heterocycles. The standard InChI is InChI=1S/C15H22OSi/c1-7-17(12(2)3,13(4)5)15-10-8-14(16-6)9-11-15/h1,8-13H,2-6H3. The molecule has 0 saturated carbocycles. The number of benzene rings is 1. The average Bonchev–Trinajstić information content (AvgIpc) is 2.30. The molecule has 0 fully saturated rings. The summed E-state index contributed by atoms with van der Waals surface area (Å²) in [5.74, 6) is 0.890. The van der Waals surface area contributed by atoms with Gasteiger partial charge in [-0.3, -0.25) is 0 Å². The highest BCUT2D eigenvalue weighted by molar-refractivity contribution is 7.00. The highest BCUT2D eigenvalue weighted by atomic mass is 28.3. The molecule has 0 radical (unpaired) electrons. The van der Waals surface area contributed by atoms with Gasteiger partial charge in [0, 0.05) is 0 Å². The van der Waals surface area contributed by atoms with Gasteiger partial charge in [-0.2, -0.15) is 0 Å². The van der Waals surface area contributed by atoms with E-state index in [2.05, 4.69) is 45.4 Å². The summed E-state index contributed by atoms with van der Waals surface area (Å²) in [6.45, 7) is 8.99. The SMILES string of the molecule is C#C[Si](c1ccc(OC)cc1)(C(C)C)C(C)C. The van der Waals surface area contributed by atoms with Gasteiger partial charge in [-0.05, 0) is 28.4 Å². The van der Waals surface area contributed by atoms with Crippen molar-refractivity contribution in [2.45, 2.75) is 38.8 Å². The van der Waals surface area contributed by atoms with Crippen LogP contribution in [0.4, 0.5) is 0 Å². The van der Waals surface area contributed by atoms with Crippen LogP contribution in [0.3, 0.4) is 0 Å². The van der Waals surface area contributed by atoms with Gasteiger partial charge in [0.2, 0.25) is 0 Å². The summed E-state index contributed by atoms with van der Waals surface area (Å²) in [5, 5.41) is 1.34. The predicted molar refractivity (Wildman–Crippen MR) is 77.4 cm³/mol. The summed E-state index contributed by atoms with van der Waals surface area (Å²) in [4.78, 5) is 0. The fourth-order valence-electron chi connectivity index (χ4n) is 2.62. The zero-order valence-corrected chi connectivity index (χ0v) is 12.4. The lowest BCUT2D eigenvalue weighted by Gasteiger charge is -2.34. The molecule has 0 heterocycles. The molecule has 0 aliphatic heterocycles. The average molecular weight is 246 g/mol. The number of rotatable bonds is 4. The molecule has 0 amide bonds. The maximum Gasteiger partial charge on any atom is 0.173 e. The van der Waals surface area contributed by atoms with E-state index in [9.17, 15) is 0 Å². The Morgan fingerprint density at radius 1 is 1.06 bits per heavy atom. The van der Waals surface area contributed by atoms with Crippen molar-refractivity contribution in [3.8, 4) is 17.7 Å². The van der Waals surface area contributed by atoms with Gasteiger partial charge in [-0.25, -0.2) is 0 Å². The molecule has 0 N–H and O–H groups in total. The fourth-order valence-corrected chi connectivity index (χ4v) is 6.84. The number of hydrogen-bond donors (Lipinski definition) is 0. The molecular weight excluding hydrogens is 224 g/mol. The van der Waals surface area contributed by atoms with Crippen molar-refractivity contribution in [2.24, 2.45) is 0 Å². The first-order valence-corrected chi connectivity index (χ1v) is 8.26. The molecule has 0 spiro atoms. The topological polar surface area (TPSA) is 9.23 Å². The summed E-state index contributed by atoms with van der Waals surface area (Å²) in [7, 11) is -0.177. The van der Waals surface area contributed by atoms with Crippen molar-refractivity contribution in [3.05, 3.63) is 24.3 Å². The second-order valence-corrected chi connectivity index (χ2v) is 9.96. The second kappa shape index (κ2) is 5.42. The van der Waals surface area contributed by atoms with Crippen LogP contribution in [0.15, 0.2) is 24.3 Å². The Labute approximate surface area is 106 Å². The zero-order chi connectivity index (χ0) is 13.1. The van der Waals surface area contributed by atoms with Gasteiger partial charge in [-0.1, -0.05) is 39.8 Å². The van der Waals surface area contributed by atoms with Crippen LogP contribution in [0.2, 0.25) is 11.1 Å². The Hall–Kier alpha value is -1.20. The molecule has 2 heteroatoms. The highest BCUT2D eigenvalue weighted by Crippen LogP contribution is 2.31. The molecule has 1 nitrogen and oxygen atoms in total. The van der Waals surface area contributed by atoms with Crippen LogP contribution in [0.5, 0.6) is 5.75 Å². The lowest BCUT2D eigenvalue weighted by Crippen LogP contribution is -2.52. The van der Waals surface area contributed by atoms with Gasteiger partial charge >= 0.3 is 0 Å². The monoisotopic (exact) mass is 246 g/mol.